The third kappa shape index (κ3) is 2.17. The molecule has 76 valence electrons. The molecule has 1 aromatic carbocycles. The second-order valence-electron chi connectivity index (χ2n) is 3.86. The molecule has 1 unspecified atom stereocenters. The van der Waals surface area contributed by atoms with Crippen molar-refractivity contribution >= 4 is 0 Å². The summed E-state index contributed by atoms with van der Waals surface area (Å²) in [6.45, 7) is 1.37. The zero-order valence-corrected chi connectivity index (χ0v) is 8.43. The van der Waals surface area contributed by atoms with Gasteiger partial charge < -0.3 is 10.6 Å². The number of benzene rings is 1. The maximum absolute atomic E-state index is 8.86. The van der Waals surface area contributed by atoms with Crippen LogP contribution in [0.5, 0.6) is 0 Å². The van der Waals surface area contributed by atoms with Crippen LogP contribution in [0.4, 0.5) is 0 Å². The third-order valence-corrected chi connectivity index (χ3v) is 2.48. The molecule has 0 spiro atoms. The van der Waals surface area contributed by atoms with Crippen LogP contribution in [0, 0.1) is 11.3 Å². The Hall–Kier alpha value is -1.79. The number of nitriles is 1. The van der Waals surface area contributed by atoms with Gasteiger partial charge in [0, 0.05) is 6.54 Å². The minimum atomic E-state index is -0.811. The summed E-state index contributed by atoms with van der Waals surface area (Å²) in [6.07, 6.45) is 3.66. The van der Waals surface area contributed by atoms with Gasteiger partial charge in [0.15, 0.2) is 0 Å². The second-order valence-corrected chi connectivity index (χ2v) is 3.86. The van der Waals surface area contributed by atoms with Crippen molar-refractivity contribution in [1.29, 1.82) is 5.26 Å². The van der Waals surface area contributed by atoms with Crippen LogP contribution in [0.2, 0.25) is 0 Å². The van der Waals surface area contributed by atoms with Crippen LogP contribution < -0.4 is 5.73 Å². The van der Waals surface area contributed by atoms with Crippen LogP contribution >= 0.6 is 0 Å². The first-order chi connectivity index (χ1) is 7.22. The van der Waals surface area contributed by atoms with Crippen molar-refractivity contribution in [2.24, 2.45) is 5.73 Å². The molecule has 1 atom stereocenters. The first kappa shape index (κ1) is 9.75. The van der Waals surface area contributed by atoms with Crippen LogP contribution in [0.25, 0.3) is 0 Å². The average Bonchev–Trinajstić information content (AvgIpc) is 2.63. The zero-order valence-electron chi connectivity index (χ0n) is 8.43. The summed E-state index contributed by atoms with van der Waals surface area (Å²) in [5, 5.41) is 8.86. The fourth-order valence-electron chi connectivity index (χ4n) is 1.68. The topological polar surface area (TPSA) is 53.1 Å². The van der Waals surface area contributed by atoms with Gasteiger partial charge in [-0.1, -0.05) is 30.3 Å². The second kappa shape index (κ2) is 3.76. The lowest BCUT2D eigenvalue weighted by molar-refractivity contribution is 0.364. The van der Waals surface area contributed by atoms with Crippen molar-refractivity contribution in [3.8, 4) is 6.07 Å². The molecular formula is C12H13N3. The van der Waals surface area contributed by atoms with E-state index in [1.54, 1.807) is 6.08 Å². The molecule has 1 aliphatic heterocycles. The average molecular weight is 199 g/mol. The standard InChI is InChI=1S/C12H13N3/c13-9-12(14)6-7-15(10-12)8-11-4-2-1-3-5-11/h1-7H,8,10,14H2. The van der Waals surface area contributed by atoms with E-state index < -0.39 is 5.54 Å². The lowest BCUT2D eigenvalue weighted by Gasteiger charge is -2.19. The molecule has 3 nitrogen and oxygen atoms in total. The Morgan fingerprint density at radius 3 is 2.73 bits per heavy atom. The summed E-state index contributed by atoms with van der Waals surface area (Å²) in [7, 11) is 0. The van der Waals surface area contributed by atoms with E-state index in [2.05, 4.69) is 23.1 Å². The molecule has 1 aliphatic rings. The first-order valence-electron chi connectivity index (χ1n) is 4.89. The summed E-state index contributed by atoms with van der Waals surface area (Å²) in [4.78, 5) is 2.05. The van der Waals surface area contributed by atoms with Gasteiger partial charge >= 0.3 is 0 Å². The molecule has 3 heteroatoms. The van der Waals surface area contributed by atoms with Crippen LogP contribution in [-0.4, -0.2) is 17.0 Å². The Morgan fingerprint density at radius 2 is 2.13 bits per heavy atom. The van der Waals surface area contributed by atoms with Gasteiger partial charge in [-0.2, -0.15) is 5.26 Å². The van der Waals surface area contributed by atoms with Crippen molar-refractivity contribution in [1.82, 2.24) is 4.90 Å². The predicted octanol–water partition coefficient (Wildman–Crippen LogP) is 1.24. The lowest BCUT2D eigenvalue weighted by atomic mass is 10.1. The largest absolute Gasteiger partial charge is 0.370 e. The monoisotopic (exact) mass is 199 g/mol. The van der Waals surface area contributed by atoms with Gasteiger partial charge in [-0.25, -0.2) is 0 Å². The van der Waals surface area contributed by atoms with Crippen molar-refractivity contribution in [2.45, 2.75) is 12.1 Å². The number of hydrogen-bond acceptors (Lipinski definition) is 3. The van der Waals surface area contributed by atoms with Crippen molar-refractivity contribution in [2.75, 3.05) is 6.54 Å². The van der Waals surface area contributed by atoms with Gasteiger partial charge in [-0.3, -0.25) is 0 Å². The highest BCUT2D eigenvalue weighted by molar-refractivity contribution is 5.25. The highest BCUT2D eigenvalue weighted by Crippen LogP contribution is 2.16. The SMILES string of the molecule is N#CC1(N)C=CN(Cc2ccccc2)C1. The van der Waals surface area contributed by atoms with Crippen LogP contribution in [-0.2, 0) is 6.54 Å². The van der Waals surface area contributed by atoms with Crippen LogP contribution in [0.1, 0.15) is 5.56 Å². The molecule has 0 amide bonds. The molecule has 0 saturated heterocycles. The van der Waals surface area contributed by atoms with E-state index in [1.807, 2.05) is 24.4 Å². The number of nitrogens with two attached hydrogens (primary N) is 1. The minimum absolute atomic E-state index is 0.568. The molecule has 0 bridgehead atoms. The fourth-order valence-corrected chi connectivity index (χ4v) is 1.68. The van der Waals surface area contributed by atoms with Gasteiger partial charge in [0.1, 0.15) is 5.54 Å². The fraction of sp³-hybridized carbons (Fsp3) is 0.250. The minimum Gasteiger partial charge on any atom is -0.370 e. The summed E-state index contributed by atoms with van der Waals surface area (Å²) in [6, 6.07) is 12.2. The maximum atomic E-state index is 8.86. The van der Waals surface area contributed by atoms with Gasteiger partial charge in [0.05, 0.1) is 12.6 Å². The molecular weight excluding hydrogens is 186 g/mol. The molecule has 0 radical (unpaired) electrons. The number of hydrogen-bond donors (Lipinski definition) is 1. The molecule has 2 rings (SSSR count). The van der Waals surface area contributed by atoms with E-state index in [0.29, 0.717) is 6.54 Å². The van der Waals surface area contributed by atoms with Gasteiger partial charge in [0.2, 0.25) is 0 Å². The highest BCUT2D eigenvalue weighted by Gasteiger charge is 2.28. The molecule has 1 heterocycles. The Kier molecular flexibility index (Phi) is 2.44. The summed E-state index contributed by atoms with van der Waals surface area (Å²) >= 11 is 0. The molecule has 0 saturated carbocycles. The Balaban J connectivity index is 2.01. The van der Waals surface area contributed by atoms with Crippen molar-refractivity contribution < 1.29 is 0 Å². The van der Waals surface area contributed by atoms with E-state index in [9.17, 15) is 0 Å². The molecule has 15 heavy (non-hydrogen) atoms. The van der Waals surface area contributed by atoms with E-state index >= 15 is 0 Å². The Bertz CT molecular complexity index is 405. The van der Waals surface area contributed by atoms with E-state index in [0.717, 1.165) is 6.54 Å². The number of rotatable bonds is 2. The molecule has 0 fully saturated rings. The smallest absolute Gasteiger partial charge is 0.142 e. The summed E-state index contributed by atoms with van der Waals surface area (Å²) < 4.78 is 0. The predicted molar refractivity (Wildman–Crippen MR) is 58.5 cm³/mol. The normalized spacial score (nSPS) is 24.1. The van der Waals surface area contributed by atoms with E-state index in [4.69, 9.17) is 11.0 Å². The maximum Gasteiger partial charge on any atom is 0.142 e. The lowest BCUT2D eigenvalue weighted by Crippen LogP contribution is -2.41. The number of nitrogens with zero attached hydrogens (tertiary/aromatic N) is 2. The Morgan fingerprint density at radius 1 is 1.40 bits per heavy atom. The summed E-state index contributed by atoms with van der Waals surface area (Å²) in [5.41, 5.74) is 6.23. The highest BCUT2D eigenvalue weighted by atomic mass is 15.2. The quantitative estimate of drug-likeness (QED) is 0.779. The van der Waals surface area contributed by atoms with Gasteiger partial charge in [-0.15, -0.1) is 0 Å². The van der Waals surface area contributed by atoms with Crippen LogP contribution in [0.15, 0.2) is 42.6 Å². The molecule has 0 aliphatic carbocycles. The van der Waals surface area contributed by atoms with Crippen molar-refractivity contribution in [3.63, 3.8) is 0 Å². The van der Waals surface area contributed by atoms with E-state index in [-0.39, 0.29) is 0 Å². The Labute approximate surface area is 89.4 Å². The van der Waals surface area contributed by atoms with Gasteiger partial charge in [0.25, 0.3) is 0 Å². The van der Waals surface area contributed by atoms with Crippen LogP contribution in [0.3, 0.4) is 0 Å². The molecule has 1 aromatic rings. The van der Waals surface area contributed by atoms with E-state index in [1.165, 1.54) is 5.56 Å². The first-order valence-corrected chi connectivity index (χ1v) is 4.89. The molecule has 2 N–H and O–H groups in total. The van der Waals surface area contributed by atoms with Gasteiger partial charge in [-0.05, 0) is 17.8 Å². The summed E-state index contributed by atoms with van der Waals surface area (Å²) in [5.74, 6) is 0. The zero-order chi connectivity index (χ0) is 10.7. The molecule has 0 aromatic heterocycles. The van der Waals surface area contributed by atoms with Crippen molar-refractivity contribution in [3.05, 3.63) is 48.2 Å². The third-order valence-electron chi connectivity index (χ3n) is 2.48.